The molecule has 0 spiro atoms. The van der Waals surface area contributed by atoms with Gasteiger partial charge < -0.3 is 15.5 Å². The summed E-state index contributed by atoms with van der Waals surface area (Å²) in [7, 11) is 0. The monoisotopic (exact) mass is 325 g/mol. The fraction of sp³-hybridized carbons (Fsp3) is 0.353. The summed E-state index contributed by atoms with van der Waals surface area (Å²) in [6, 6.07) is 11.9. The first-order valence-electron chi connectivity index (χ1n) is 7.47. The van der Waals surface area contributed by atoms with Crippen LogP contribution in [0.4, 0.5) is 5.69 Å². The molecule has 0 unspecified atom stereocenters. The first-order valence-corrected chi connectivity index (χ1v) is 7.88. The molecule has 2 rings (SSSR count). The van der Waals surface area contributed by atoms with Crippen molar-refractivity contribution in [2.45, 2.75) is 13.3 Å². The van der Waals surface area contributed by atoms with Crippen molar-refractivity contribution >= 4 is 22.9 Å². The molecule has 23 heavy (non-hydrogen) atoms. The van der Waals surface area contributed by atoms with E-state index in [-0.39, 0.29) is 4.99 Å². The molecule has 1 heterocycles. The van der Waals surface area contributed by atoms with Gasteiger partial charge in [0.25, 0.3) is 0 Å². The van der Waals surface area contributed by atoms with Gasteiger partial charge in [0.1, 0.15) is 16.6 Å². The zero-order valence-corrected chi connectivity index (χ0v) is 13.9. The number of anilines is 1. The van der Waals surface area contributed by atoms with Gasteiger partial charge in [0.05, 0.1) is 11.6 Å². The molecule has 0 radical (unpaired) electrons. The van der Waals surface area contributed by atoms with Crippen LogP contribution in [0, 0.1) is 22.7 Å². The van der Waals surface area contributed by atoms with E-state index in [1.54, 1.807) is 0 Å². The molecule has 1 aliphatic rings. The topological polar surface area (TPSA) is 80.1 Å². The highest BCUT2D eigenvalue weighted by Gasteiger charge is 2.18. The number of nitrogens with two attached hydrogens (primary N) is 1. The van der Waals surface area contributed by atoms with Crippen molar-refractivity contribution in [2.75, 3.05) is 31.1 Å². The highest BCUT2D eigenvalue weighted by atomic mass is 32.1. The van der Waals surface area contributed by atoms with Gasteiger partial charge in [-0.1, -0.05) is 12.2 Å². The maximum absolute atomic E-state index is 9.21. The van der Waals surface area contributed by atoms with Gasteiger partial charge >= 0.3 is 0 Å². The Bertz CT molecular complexity index is 693. The number of hydrogen-bond donors (Lipinski definition) is 1. The number of hydrogen-bond acceptors (Lipinski definition) is 5. The summed E-state index contributed by atoms with van der Waals surface area (Å²) in [6.45, 7) is 5.35. The minimum absolute atomic E-state index is 0.151. The highest BCUT2D eigenvalue weighted by Crippen LogP contribution is 2.19. The molecular formula is C17H19N5S. The number of thiocarbonyl (C=S) groups is 1. The van der Waals surface area contributed by atoms with Crippen molar-refractivity contribution in [3.63, 3.8) is 0 Å². The molecule has 1 aromatic rings. The molecule has 6 heteroatoms. The van der Waals surface area contributed by atoms with Crippen LogP contribution in [0.1, 0.15) is 18.9 Å². The average Bonchev–Trinajstić information content (AvgIpc) is 2.81. The molecule has 0 saturated carbocycles. The molecule has 0 aliphatic carbocycles. The predicted molar refractivity (Wildman–Crippen MR) is 94.7 cm³/mol. The van der Waals surface area contributed by atoms with Crippen LogP contribution in [-0.4, -0.2) is 36.1 Å². The van der Waals surface area contributed by atoms with Crippen LogP contribution in [0.15, 0.2) is 35.5 Å². The summed E-state index contributed by atoms with van der Waals surface area (Å²) < 4.78 is 0. The molecule has 1 saturated heterocycles. The van der Waals surface area contributed by atoms with Crippen molar-refractivity contribution in [2.24, 2.45) is 5.73 Å². The molecule has 0 amide bonds. The van der Waals surface area contributed by atoms with E-state index in [0.29, 0.717) is 11.1 Å². The minimum Gasteiger partial charge on any atom is -0.389 e. The Kier molecular flexibility index (Phi) is 5.56. The Morgan fingerprint density at radius 2 is 1.83 bits per heavy atom. The van der Waals surface area contributed by atoms with E-state index in [1.165, 1.54) is 0 Å². The maximum atomic E-state index is 9.21. The largest absolute Gasteiger partial charge is 0.389 e. The SMILES string of the molecule is CC(=C(C#N)C(N)=S)N1CCCN(c2ccc(C#N)cc2)CC1. The zero-order valence-electron chi connectivity index (χ0n) is 13.1. The lowest BCUT2D eigenvalue weighted by Crippen LogP contribution is -2.31. The zero-order chi connectivity index (χ0) is 16.8. The molecule has 0 bridgehead atoms. The van der Waals surface area contributed by atoms with Crippen molar-refractivity contribution < 1.29 is 0 Å². The van der Waals surface area contributed by atoms with Crippen LogP contribution in [-0.2, 0) is 0 Å². The molecule has 0 atom stereocenters. The fourth-order valence-corrected chi connectivity index (χ4v) is 2.92. The smallest absolute Gasteiger partial charge is 0.116 e. The van der Waals surface area contributed by atoms with Crippen molar-refractivity contribution in [1.29, 1.82) is 10.5 Å². The van der Waals surface area contributed by atoms with E-state index >= 15 is 0 Å². The number of nitrogens with zero attached hydrogens (tertiary/aromatic N) is 4. The maximum Gasteiger partial charge on any atom is 0.116 e. The summed E-state index contributed by atoms with van der Waals surface area (Å²) in [4.78, 5) is 4.61. The average molecular weight is 325 g/mol. The van der Waals surface area contributed by atoms with Crippen molar-refractivity contribution in [1.82, 2.24) is 4.90 Å². The highest BCUT2D eigenvalue weighted by molar-refractivity contribution is 7.80. The summed E-state index contributed by atoms with van der Waals surface area (Å²) in [5.74, 6) is 0. The first-order chi connectivity index (χ1) is 11.1. The molecule has 2 N–H and O–H groups in total. The van der Waals surface area contributed by atoms with Gasteiger partial charge in [-0.15, -0.1) is 0 Å². The third kappa shape index (κ3) is 4.00. The quantitative estimate of drug-likeness (QED) is 0.521. The number of benzene rings is 1. The predicted octanol–water partition coefficient (Wildman–Crippen LogP) is 2.15. The van der Waals surface area contributed by atoms with Gasteiger partial charge in [0.2, 0.25) is 0 Å². The van der Waals surface area contributed by atoms with E-state index in [2.05, 4.69) is 21.9 Å². The van der Waals surface area contributed by atoms with Crippen molar-refractivity contribution in [3.8, 4) is 12.1 Å². The van der Waals surface area contributed by atoms with Gasteiger partial charge in [-0.3, -0.25) is 0 Å². The molecule has 118 valence electrons. The third-order valence-corrected chi connectivity index (χ3v) is 4.26. The van der Waals surface area contributed by atoms with Crippen LogP contribution < -0.4 is 10.6 Å². The molecular weight excluding hydrogens is 306 g/mol. The Balaban J connectivity index is 2.12. The van der Waals surface area contributed by atoms with E-state index in [1.807, 2.05) is 31.2 Å². The van der Waals surface area contributed by atoms with E-state index in [9.17, 15) is 5.26 Å². The summed E-state index contributed by atoms with van der Waals surface area (Å²) in [5.41, 5.74) is 8.65. The lowest BCUT2D eigenvalue weighted by molar-refractivity contribution is 0.369. The first kappa shape index (κ1) is 16.8. The molecule has 1 fully saturated rings. The van der Waals surface area contributed by atoms with Gasteiger partial charge in [-0.2, -0.15) is 10.5 Å². The number of allylic oxidation sites excluding steroid dienone is 1. The lowest BCUT2D eigenvalue weighted by Gasteiger charge is -2.26. The Labute approximate surface area is 142 Å². The van der Waals surface area contributed by atoms with Gasteiger partial charge in [-0.05, 0) is 37.6 Å². The van der Waals surface area contributed by atoms with E-state index < -0.39 is 0 Å². The summed E-state index contributed by atoms with van der Waals surface area (Å²) in [6.07, 6.45) is 0.980. The second-order valence-corrected chi connectivity index (χ2v) is 5.86. The van der Waals surface area contributed by atoms with Crippen LogP contribution in [0.5, 0.6) is 0 Å². The second-order valence-electron chi connectivity index (χ2n) is 5.42. The normalized spacial score (nSPS) is 16.0. The Morgan fingerprint density at radius 3 is 2.39 bits per heavy atom. The van der Waals surface area contributed by atoms with Crippen LogP contribution >= 0.6 is 12.2 Å². The molecule has 5 nitrogen and oxygen atoms in total. The second kappa shape index (κ2) is 7.62. The standard InChI is InChI=1S/C17H19N5S/c1-13(16(12-19)17(20)23)21-7-2-8-22(10-9-21)15-5-3-14(11-18)4-6-15/h3-6H,2,7-10H2,1H3,(H2,20,23). The van der Waals surface area contributed by atoms with Gasteiger partial charge in [0, 0.05) is 37.6 Å². The molecule has 1 aromatic carbocycles. The number of rotatable bonds is 3. The van der Waals surface area contributed by atoms with Crippen LogP contribution in [0.25, 0.3) is 0 Å². The van der Waals surface area contributed by atoms with Crippen LogP contribution in [0.2, 0.25) is 0 Å². The fourth-order valence-electron chi connectivity index (χ4n) is 2.73. The third-order valence-electron chi connectivity index (χ3n) is 4.05. The van der Waals surface area contributed by atoms with Gasteiger partial charge in [0.15, 0.2) is 0 Å². The van der Waals surface area contributed by atoms with E-state index in [4.69, 9.17) is 23.2 Å². The summed E-state index contributed by atoms with van der Waals surface area (Å²) >= 11 is 4.95. The lowest BCUT2D eigenvalue weighted by atomic mass is 10.2. The molecule has 1 aliphatic heterocycles. The Hall–Kier alpha value is -2.57. The summed E-state index contributed by atoms with van der Waals surface area (Å²) in [5, 5.41) is 18.1. The van der Waals surface area contributed by atoms with Gasteiger partial charge in [-0.25, -0.2) is 0 Å². The van der Waals surface area contributed by atoms with Crippen molar-refractivity contribution in [3.05, 3.63) is 41.1 Å². The van der Waals surface area contributed by atoms with E-state index in [0.717, 1.165) is 44.0 Å². The Morgan fingerprint density at radius 1 is 1.13 bits per heavy atom. The van der Waals surface area contributed by atoms with Crippen LogP contribution in [0.3, 0.4) is 0 Å². The number of nitriles is 2. The molecule has 0 aromatic heterocycles. The minimum atomic E-state index is 0.151.